The van der Waals surface area contributed by atoms with Gasteiger partial charge in [-0.3, -0.25) is 14.2 Å². The summed E-state index contributed by atoms with van der Waals surface area (Å²) in [6.45, 7) is 8.63. The Labute approximate surface area is 288 Å². The van der Waals surface area contributed by atoms with E-state index in [4.69, 9.17) is 14.5 Å². The molecule has 9 nitrogen and oxygen atoms in total. The number of ether oxygens (including phenoxy) is 2. The van der Waals surface area contributed by atoms with Gasteiger partial charge in [0, 0.05) is 41.3 Å². The fraction of sp³-hybridized carbons (Fsp3) is 0.282. The number of hydrogen-bond donors (Lipinski definition) is 0. The molecular weight excluding hydrogens is 637 g/mol. The number of para-hydroxylation sites is 1. The summed E-state index contributed by atoms with van der Waals surface area (Å²) in [6, 6.07) is 24.8. The lowest BCUT2D eigenvalue weighted by Crippen LogP contribution is -2.42. The molecule has 1 amide bonds. The van der Waals surface area contributed by atoms with Crippen LogP contribution in [-0.2, 0) is 25.6 Å². The van der Waals surface area contributed by atoms with Crippen molar-refractivity contribution < 1.29 is 19.1 Å². The summed E-state index contributed by atoms with van der Waals surface area (Å²) in [5, 5.41) is 0.932. The molecule has 0 spiro atoms. The van der Waals surface area contributed by atoms with Crippen LogP contribution in [0.5, 0.6) is 0 Å². The molecule has 250 valence electrons. The zero-order valence-corrected chi connectivity index (χ0v) is 28.6. The van der Waals surface area contributed by atoms with E-state index in [9.17, 15) is 14.4 Å². The third-order valence-corrected chi connectivity index (χ3v) is 10.1. The van der Waals surface area contributed by atoms with Crippen LogP contribution in [0.4, 0.5) is 0 Å². The van der Waals surface area contributed by atoms with E-state index in [1.807, 2.05) is 101 Å². The SMILES string of the molecule is CCOC(=O)C1=C(c2ccccc2)N=c2s/c(=C/c3cn(CC(=O)N4CCOCC4)c4ccccc34)c(=O)n2[C@H]1c1ccc(C(C)C)cc1. The molecular formula is C39H38N4O5S. The minimum absolute atomic E-state index is 0.0263. The molecule has 0 saturated carbocycles. The smallest absolute Gasteiger partial charge is 0.338 e. The first kappa shape index (κ1) is 32.5. The molecule has 0 radical (unpaired) electrons. The van der Waals surface area contributed by atoms with Gasteiger partial charge in [-0.15, -0.1) is 0 Å². The number of fused-ring (bicyclic) bond motifs is 2. The third-order valence-electron chi connectivity index (χ3n) is 9.07. The van der Waals surface area contributed by atoms with Crippen molar-refractivity contribution in [2.75, 3.05) is 32.9 Å². The Bertz CT molecular complexity index is 2240. The van der Waals surface area contributed by atoms with Crippen LogP contribution in [0.15, 0.2) is 100 Å². The summed E-state index contributed by atoms with van der Waals surface area (Å²) >= 11 is 1.29. The van der Waals surface area contributed by atoms with Crippen molar-refractivity contribution in [2.45, 2.75) is 39.3 Å². The molecule has 0 bridgehead atoms. The highest BCUT2D eigenvalue weighted by molar-refractivity contribution is 7.07. The number of rotatable bonds is 8. The number of amides is 1. The van der Waals surface area contributed by atoms with Crippen molar-refractivity contribution in [2.24, 2.45) is 4.99 Å². The molecule has 1 atom stereocenters. The van der Waals surface area contributed by atoms with Gasteiger partial charge in [0.25, 0.3) is 5.56 Å². The molecule has 1 fully saturated rings. The molecule has 7 rings (SSSR count). The highest BCUT2D eigenvalue weighted by Crippen LogP contribution is 2.35. The van der Waals surface area contributed by atoms with Crippen LogP contribution >= 0.6 is 11.3 Å². The van der Waals surface area contributed by atoms with E-state index < -0.39 is 12.0 Å². The van der Waals surface area contributed by atoms with Gasteiger partial charge in [0.15, 0.2) is 4.80 Å². The lowest BCUT2D eigenvalue weighted by molar-refractivity contribution is -0.139. The standard InChI is InChI=1S/C39H38N4O5S/c1-4-48-38(46)34-35(27-10-6-5-7-11-27)40-39-43(36(34)28-16-14-26(15-17-28)25(2)3)37(45)32(49-39)22-29-23-42(31-13-9-8-12-30(29)31)24-33(44)41-18-20-47-21-19-41/h5-17,22-23,25,36H,4,18-21,24H2,1-3H3/b32-22+/t36-/m0/s1. The summed E-state index contributed by atoms with van der Waals surface area (Å²) in [7, 11) is 0. The average Bonchev–Trinajstić information content (AvgIpc) is 3.64. The van der Waals surface area contributed by atoms with Crippen molar-refractivity contribution in [3.63, 3.8) is 0 Å². The Morgan fingerprint density at radius 3 is 2.43 bits per heavy atom. The van der Waals surface area contributed by atoms with Gasteiger partial charge < -0.3 is 18.9 Å². The minimum atomic E-state index is -0.749. The number of esters is 1. The number of benzene rings is 3. The van der Waals surface area contributed by atoms with E-state index in [1.165, 1.54) is 11.3 Å². The van der Waals surface area contributed by atoms with Crippen molar-refractivity contribution in [1.82, 2.24) is 14.0 Å². The van der Waals surface area contributed by atoms with Gasteiger partial charge >= 0.3 is 5.97 Å². The highest BCUT2D eigenvalue weighted by atomic mass is 32.1. The zero-order chi connectivity index (χ0) is 34.1. The number of thiazole rings is 1. The molecule has 2 aliphatic heterocycles. The summed E-state index contributed by atoms with van der Waals surface area (Å²) in [4.78, 5) is 48.8. The summed E-state index contributed by atoms with van der Waals surface area (Å²) < 4.78 is 15.1. The van der Waals surface area contributed by atoms with Gasteiger partial charge in [-0.05, 0) is 36.1 Å². The monoisotopic (exact) mass is 674 g/mol. The maximum absolute atomic E-state index is 14.5. The average molecular weight is 675 g/mol. The molecule has 2 aliphatic rings. The second-order valence-electron chi connectivity index (χ2n) is 12.5. The number of carbonyl (C=O) groups excluding carboxylic acids is 2. The van der Waals surface area contributed by atoms with Crippen LogP contribution in [-0.4, -0.2) is 58.8 Å². The Balaban J connectivity index is 1.40. The van der Waals surface area contributed by atoms with Crippen LogP contribution in [0.3, 0.4) is 0 Å². The second kappa shape index (κ2) is 13.8. The number of nitrogens with zero attached hydrogens (tertiary/aromatic N) is 4. The number of hydrogen-bond acceptors (Lipinski definition) is 7. The highest BCUT2D eigenvalue weighted by Gasteiger charge is 2.35. The van der Waals surface area contributed by atoms with Crippen molar-refractivity contribution in [3.05, 3.63) is 133 Å². The van der Waals surface area contributed by atoms with Gasteiger partial charge in [0.05, 0.1) is 41.7 Å². The summed E-state index contributed by atoms with van der Waals surface area (Å²) in [6.07, 6.45) is 3.81. The summed E-state index contributed by atoms with van der Waals surface area (Å²) in [5.41, 5.74) is 5.00. The molecule has 0 unspecified atom stereocenters. The van der Waals surface area contributed by atoms with E-state index in [0.717, 1.165) is 33.2 Å². The van der Waals surface area contributed by atoms with Gasteiger partial charge in [0.2, 0.25) is 5.91 Å². The molecule has 0 N–H and O–H groups in total. The largest absolute Gasteiger partial charge is 0.463 e. The normalized spacial score (nSPS) is 16.6. The predicted octanol–water partition coefficient (Wildman–Crippen LogP) is 4.87. The zero-order valence-electron chi connectivity index (χ0n) is 27.8. The summed E-state index contributed by atoms with van der Waals surface area (Å²) in [5.74, 6) is -0.161. The number of carbonyl (C=O) groups is 2. The van der Waals surface area contributed by atoms with Gasteiger partial charge in [-0.1, -0.05) is 98.0 Å². The van der Waals surface area contributed by atoms with Crippen LogP contribution < -0.4 is 14.9 Å². The molecule has 0 aliphatic carbocycles. The Morgan fingerprint density at radius 2 is 1.71 bits per heavy atom. The lowest BCUT2D eigenvalue weighted by Gasteiger charge is -2.27. The van der Waals surface area contributed by atoms with E-state index in [-0.39, 0.29) is 24.6 Å². The lowest BCUT2D eigenvalue weighted by atomic mass is 9.91. The topological polar surface area (TPSA) is 95.1 Å². The molecule has 4 heterocycles. The van der Waals surface area contributed by atoms with Gasteiger partial charge in [-0.25, -0.2) is 9.79 Å². The fourth-order valence-electron chi connectivity index (χ4n) is 6.54. The van der Waals surface area contributed by atoms with Crippen molar-refractivity contribution >= 4 is 45.9 Å². The second-order valence-corrected chi connectivity index (χ2v) is 13.5. The minimum Gasteiger partial charge on any atom is -0.463 e. The maximum atomic E-state index is 14.5. The molecule has 49 heavy (non-hydrogen) atoms. The first-order valence-electron chi connectivity index (χ1n) is 16.7. The molecule has 1 saturated heterocycles. The molecule has 3 aromatic carbocycles. The Morgan fingerprint density at radius 1 is 1.00 bits per heavy atom. The van der Waals surface area contributed by atoms with E-state index >= 15 is 0 Å². The maximum Gasteiger partial charge on any atom is 0.338 e. The Hall–Kier alpha value is -5.06. The van der Waals surface area contributed by atoms with E-state index in [0.29, 0.717) is 52.8 Å². The molecule has 2 aromatic heterocycles. The molecule has 5 aromatic rings. The number of morpholine rings is 1. The number of aromatic nitrogens is 2. The van der Waals surface area contributed by atoms with Crippen molar-refractivity contribution in [3.8, 4) is 0 Å². The van der Waals surface area contributed by atoms with Gasteiger partial charge in [0.1, 0.15) is 6.54 Å². The molecule has 10 heteroatoms. The first-order valence-corrected chi connectivity index (χ1v) is 17.5. The van der Waals surface area contributed by atoms with Crippen LogP contribution in [0.2, 0.25) is 0 Å². The van der Waals surface area contributed by atoms with E-state index in [1.54, 1.807) is 11.5 Å². The van der Waals surface area contributed by atoms with E-state index in [2.05, 4.69) is 13.8 Å². The first-order chi connectivity index (χ1) is 23.8. The Kier molecular flexibility index (Phi) is 9.16. The predicted molar refractivity (Wildman–Crippen MR) is 191 cm³/mol. The van der Waals surface area contributed by atoms with Crippen LogP contribution in [0, 0.1) is 0 Å². The van der Waals surface area contributed by atoms with Crippen LogP contribution in [0.1, 0.15) is 55.0 Å². The van der Waals surface area contributed by atoms with Crippen molar-refractivity contribution in [1.29, 1.82) is 0 Å². The van der Waals surface area contributed by atoms with Crippen LogP contribution in [0.25, 0.3) is 22.7 Å². The quantitative estimate of drug-likeness (QED) is 0.219. The fourth-order valence-corrected chi connectivity index (χ4v) is 7.53. The third kappa shape index (κ3) is 6.29. The van der Waals surface area contributed by atoms with Gasteiger partial charge in [-0.2, -0.15) is 0 Å².